The number of benzene rings is 6. The van der Waals surface area contributed by atoms with Crippen molar-refractivity contribution < 1.29 is 0 Å². The van der Waals surface area contributed by atoms with E-state index in [-0.39, 0.29) is 0 Å². The van der Waals surface area contributed by atoms with E-state index in [0.717, 1.165) is 16.9 Å². The normalized spacial score (nSPS) is 12.0. The molecule has 0 saturated carbocycles. The van der Waals surface area contributed by atoms with Crippen LogP contribution < -0.4 is 0 Å². The third kappa shape index (κ3) is 5.01. The molecule has 3 heterocycles. The standard InChI is InChI=1S/C45H36N2S2/c1-27(2)34-24-32(29-12-6-5-7-13-29)25-35(28(3)4)44(34)47-40-16-10-9-15-39(40)46-45(47)38-26-48-41-20-18-30(23-37(38)41)31-19-21-43-36(22-31)33-14-8-11-17-42(33)49-43/h5-28H,1-4H3. The van der Waals surface area contributed by atoms with Crippen LogP contribution in [0.25, 0.3) is 80.6 Å². The summed E-state index contributed by atoms with van der Waals surface area (Å²) >= 11 is 3.67. The van der Waals surface area contributed by atoms with Crippen molar-refractivity contribution in [2.45, 2.75) is 39.5 Å². The van der Waals surface area contributed by atoms with Gasteiger partial charge >= 0.3 is 0 Å². The molecule has 0 saturated heterocycles. The van der Waals surface area contributed by atoms with Crippen molar-refractivity contribution in [2.24, 2.45) is 0 Å². The Morgan fingerprint density at radius 1 is 0.531 bits per heavy atom. The fourth-order valence-corrected chi connectivity index (χ4v) is 9.34. The van der Waals surface area contributed by atoms with Gasteiger partial charge in [0, 0.05) is 41.2 Å². The minimum atomic E-state index is 0.319. The highest BCUT2D eigenvalue weighted by Gasteiger charge is 2.25. The third-order valence-corrected chi connectivity index (χ3v) is 11.9. The molecule has 3 aromatic heterocycles. The summed E-state index contributed by atoms with van der Waals surface area (Å²) in [6, 6.07) is 46.8. The van der Waals surface area contributed by atoms with E-state index in [4.69, 9.17) is 4.98 Å². The molecule has 0 unspecified atom stereocenters. The maximum absolute atomic E-state index is 5.40. The minimum Gasteiger partial charge on any atom is -0.292 e. The number of imidazole rings is 1. The molecule has 9 aromatic rings. The third-order valence-electron chi connectivity index (χ3n) is 9.83. The molecule has 0 bridgehead atoms. The predicted molar refractivity (Wildman–Crippen MR) is 214 cm³/mol. The highest BCUT2D eigenvalue weighted by atomic mass is 32.1. The van der Waals surface area contributed by atoms with Crippen molar-refractivity contribution in [1.29, 1.82) is 0 Å². The lowest BCUT2D eigenvalue weighted by Gasteiger charge is -2.24. The Bertz CT molecular complexity index is 2640. The summed E-state index contributed by atoms with van der Waals surface area (Å²) in [5, 5.41) is 6.21. The summed E-state index contributed by atoms with van der Waals surface area (Å²) in [6.45, 7) is 9.26. The molecule has 238 valence electrons. The molecule has 0 amide bonds. The first-order chi connectivity index (χ1) is 23.9. The van der Waals surface area contributed by atoms with Gasteiger partial charge < -0.3 is 0 Å². The Balaban J connectivity index is 1.28. The van der Waals surface area contributed by atoms with Crippen molar-refractivity contribution >= 4 is 64.0 Å². The maximum Gasteiger partial charge on any atom is 0.147 e. The lowest BCUT2D eigenvalue weighted by atomic mass is 9.88. The highest BCUT2D eigenvalue weighted by molar-refractivity contribution is 7.25. The van der Waals surface area contributed by atoms with E-state index in [0.29, 0.717) is 11.8 Å². The van der Waals surface area contributed by atoms with Crippen LogP contribution in [-0.4, -0.2) is 9.55 Å². The van der Waals surface area contributed by atoms with Crippen molar-refractivity contribution in [1.82, 2.24) is 9.55 Å². The lowest BCUT2D eigenvalue weighted by Crippen LogP contribution is -2.09. The molecule has 0 N–H and O–H groups in total. The van der Waals surface area contributed by atoms with Gasteiger partial charge in [-0.1, -0.05) is 100 Å². The summed E-state index contributed by atoms with van der Waals surface area (Å²) in [6.07, 6.45) is 0. The summed E-state index contributed by atoms with van der Waals surface area (Å²) in [7, 11) is 0. The van der Waals surface area contributed by atoms with Gasteiger partial charge in [-0.05, 0) is 99.8 Å². The van der Waals surface area contributed by atoms with Crippen molar-refractivity contribution in [3.63, 3.8) is 0 Å². The van der Waals surface area contributed by atoms with Crippen LogP contribution in [0.5, 0.6) is 0 Å². The molecule has 49 heavy (non-hydrogen) atoms. The minimum absolute atomic E-state index is 0.319. The second-order valence-electron chi connectivity index (χ2n) is 13.6. The van der Waals surface area contributed by atoms with Crippen molar-refractivity contribution in [3.8, 4) is 39.3 Å². The van der Waals surface area contributed by atoms with Crippen LogP contribution >= 0.6 is 22.7 Å². The number of hydrogen-bond acceptors (Lipinski definition) is 3. The number of fused-ring (bicyclic) bond motifs is 5. The van der Waals surface area contributed by atoms with Gasteiger partial charge in [0.1, 0.15) is 5.82 Å². The second kappa shape index (κ2) is 11.8. The topological polar surface area (TPSA) is 17.8 Å². The van der Waals surface area contributed by atoms with Gasteiger partial charge in [0.25, 0.3) is 0 Å². The van der Waals surface area contributed by atoms with Crippen LogP contribution in [0.4, 0.5) is 0 Å². The first kappa shape index (κ1) is 30.1. The number of para-hydroxylation sites is 2. The van der Waals surface area contributed by atoms with Gasteiger partial charge in [-0.2, -0.15) is 0 Å². The molecule has 2 nitrogen and oxygen atoms in total. The molecular formula is C45H36N2S2. The average molecular weight is 669 g/mol. The van der Waals surface area contributed by atoms with Crippen LogP contribution in [0.15, 0.2) is 133 Å². The summed E-state index contributed by atoms with van der Waals surface area (Å²) < 4.78 is 6.40. The molecular weight excluding hydrogens is 633 g/mol. The number of hydrogen-bond donors (Lipinski definition) is 0. The van der Waals surface area contributed by atoms with E-state index in [1.54, 1.807) is 11.3 Å². The number of rotatable bonds is 6. The van der Waals surface area contributed by atoms with Crippen molar-refractivity contribution in [3.05, 3.63) is 144 Å². The van der Waals surface area contributed by atoms with Gasteiger partial charge in [0.2, 0.25) is 0 Å². The van der Waals surface area contributed by atoms with E-state index in [1.165, 1.54) is 74.9 Å². The van der Waals surface area contributed by atoms with E-state index in [9.17, 15) is 0 Å². The van der Waals surface area contributed by atoms with Gasteiger partial charge in [0.15, 0.2) is 0 Å². The summed E-state index contributed by atoms with van der Waals surface area (Å²) in [4.78, 5) is 5.40. The largest absolute Gasteiger partial charge is 0.292 e. The monoisotopic (exact) mass is 668 g/mol. The fraction of sp³-hybridized carbons (Fsp3) is 0.133. The first-order valence-corrected chi connectivity index (χ1v) is 18.8. The molecule has 0 spiro atoms. The van der Waals surface area contributed by atoms with Crippen molar-refractivity contribution in [2.75, 3.05) is 0 Å². The van der Waals surface area contributed by atoms with Crippen LogP contribution in [0.2, 0.25) is 0 Å². The molecule has 0 atom stereocenters. The van der Waals surface area contributed by atoms with E-state index >= 15 is 0 Å². The number of nitrogens with zero attached hydrogens (tertiary/aromatic N) is 2. The summed E-state index contributed by atoms with van der Waals surface area (Å²) in [5.41, 5.74) is 12.3. The van der Waals surface area contributed by atoms with Gasteiger partial charge in [-0.15, -0.1) is 22.7 Å². The predicted octanol–water partition coefficient (Wildman–Crippen LogP) is 13.9. The zero-order chi connectivity index (χ0) is 33.2. The molecule has 0 fully saturated rings. The molecule has 6 aromatic carbocycles. The Morgan fingerprint density at radius 3 is 1.92 bits per heavy atom. The molecule has 4 heteroatoms. The smallest absolute Gasteiger partial charge is 0.147 e. The Labute approximate surface area is 294 Å². The SMILES string of the molecule is CC(C)c1cc(-c2ccccc2)cc(C(C)C)c1-n1c(-c2csc3ccc(-c4ccc5sc6ccccc6c5c4)cc23)nc2ccccc21. The molecule has 0 radical (unpaired) electrons. The van der Waals surface area contributed by atoms with Gasteiger partial charge in [-0.25, -0.2) is 4.98 Å². The zero-order valence-corrected chi connectivity index (χ0v) is 29.7. The Hall–Kier alpha value is -5.03. The summed E-state index contributed by atoms with van der Waals surface area (Å²) in [5.74, 6) is 1.64. The average Bonchev–Trinajstić information content (AvgIpc) is 3.84. The molecule has 0 aliphatic heterocycles. The highest BCUT2D eigenvalue weighted by Crippen LogP contribution is 2.44. The Morgan fingerprint density at radius 2 is 1.16 bits per heavy atom. The van der Waals surface area contributed by atoms with Gasteiger partial charge in [0.05, 0.1) is 16.7 Å². The van der Waals surface area contributed by atoms with E-state index in [1.807, 2.05) is 11.3 Å². The lowest BCUT2D eigenvalue weighted by molar-refractivity contribution is 0.812. The van der Waals surface area contributed by atoms with E-state index < -0.39 is 0 Å². The van der Waals surface area contributed by atoms with Gasteiger partial charge in [-0.3, -0.25) is 4.57 Å². The first-order valence-electron chi connectivity index (χ1n) is 17.1. The molecule has 9 rings (SSSR count). The number of thiophene rings is 2. The fourth-order valence-electron chi connectivity index (χ4n) is 7.34. The Kier molecular flexibility index (Phi) is 7.26. The molecule has 0 aliphatic carbocycles. The van der Waals surface area contributed by atoms with Crippen LogP contribution in [0, 0.1) is 0 Å². The van der Waals surface area contributed by atoms with Crippen LogP contribution in [0.1, 0.15) is 50.7 Å². The zero-order valence-electron chi connectivity index (χ0n) is 28.1. The van der Waals surface area contributed by atoms with Crippen LogP contribution in [-0.2, 0) is 0 Å². The number of aromatic nitrogens is 2. The maximum atomic E-state index is 5.40. The quantitative estimate of drug-likeness (QED) is 0.172. The van der Waals surface area contributed by atoms with E-state index in [2.05, 4.69) is 165 Å². The second-order valence-corrected chi connectivity index (χ2v) is 15.6. The molecule has 0 aliphatic rings. The van der Waals surface area contributed by atoms with Crippen LogP contribution in [0.3, 0.4) is 0 Å².